The Hall–Kier alpha value is -0.750. The Morgan fingerprint density at radius 3 is 2.77 bits per heavy atom. The van der Waals surface area contributed by atoms with Gasteiger partial charge < -0.3 is 5.32 Å². The molecule has 5 nitrogen and oxygen atoms in total. The van der Waals surface area contributed by atoms with E-state index < -0.39 is 0 Å². The second-order valence-electron chi connectivity index (χ2n) is 6.53. The summed E-state index contributed by atoms with van der Waals surface area (Å²) in [4.78, 5) is 26.1. The molecule has 3 unspecified atom stereocenters. The first-order chi connectivity index (χ1) is 10.6. The van der Waals surface area contributed by atoms with Gasteiger partial charge in [-0.3, -0.25) is 15.0 Å². The lowest BCUT2D eigenvalue weighted by atomic mass is 9.86. The van der Waals surface area contributed by atoms with Crippen LogP contribution in [0.1, 0.15) is 46.0 Å². The minimum Gasteiger partial charge on any atom is -0.335 e. The minimum absolute atomic E-state index is 0.192. The van der Waals surface area contributed by atoms with Crippen molar-refractivity contribution in [2.24, 2.45) is 5.92 Å². The number of hydrogen-bond donors (Lipinski definition) is 2. The van der Waals surface area contributed by atoms with E-state index in [0.717, 1.165) is 44.5 Å². The maximum atomic E-state index is 12.0. The van der Waals surface area contributed by atoms with E-state index in [0.29, 0.717) is 17.7 Å². The first-order valence-electron chi connectivity index (χ1n) is 8.52. The molecule has 0 bridgehead atoms. The largest absolute Gasteiger partial charge is 0.335 e. The Kier molecular flexibility index (Phi) is 7.02. The fourth-order valence-electron chi connectivity index (χ4n) is 3.28. The number of urea groups is 1. The molecule has 2 fully saturated rings. The highest BCUT2D eigenvalue weighted by atomic mass is 32.2. The van der Waals surface area contributed by atoms with Gasteiger partial charge in [0.15, 0.2) is 0 Å². The van der Waals surface area contributed by atoms with Gasteiger partial charge in [0.1, 0.15) is 0 Å². The second-order valence-corrected chi connectivity index (χ2v) is 7.93. The highest BCUT2D eigenvalue weighted by Gasteiger charge is 2.24. The summed E-state index contributed by atoms with van der Waals surface area (Å²) in [5.74, 6) is 1.37. The van der Waals surface area contributed by atoms with Crippen LogP contribution >= 0.6 is 11.8 Å². The van der Waals surface area contributed by atoms with E-state index in [4.69, 9.17) is 0 Å². The highest BCUT2D eigenvalue weighted by molar-refractivity contribution is 8.00. The van der Waals surface area contributed by atoms with Crippen LogP contribution in [0.5, 0.6) is 0 Å². The predicted octanol–water partition coefficient (Wildman–Crippen LogP) is 2.22. The summed E-state index contributed by atoms with van der Waals surface area (Å²) in [6.07, 6.45) is 5.70. The van der Waals surface area contributed by atoms with Crippen molar-refractivity contribution in [1.29, 1.82) is 0 Å². The number of thioether (sulfide) groups is 1. The van der Waals surface area contributed by atoms with E-state index in [1.807, 2.05) is 11.8 Å². The molecule has 1 saturated heterocycles. The summed E-state index contributed by atoms with van der Waals surface area (Å²) in [6, 6.07) is -0.125. The van der Waals surface area contributed by atoms with Gasteiger partial charge in [0.2, 0.25) is 5.91 Å². The molecular weight excluding hydrogens is 298 g/mol. The van der Waals surface area contributed by atoms with E-state index in [1.165, 1.54) is 6.42 Å². The number of nitrogens with zero attached hydrogens (tertiary/aromatic N) is 1. The lowest BCUT2D eigenvalue weighted by Gasteiger charge is -2.31. The molecule has 1 heterocycles. The molecule has 1 aliphatic heterocycles. The summed E-state index contributed by atoms with van der Waals surface area (Å²) in [5.41, 5.74) is 0. The smallest absolute Gasteiger partial charge is 0.321 e. The van der Waals surface area contributed by atoms with Crippen LogP contribution in [-0.4, -0.2) is 53.5 Å². The molecule has 0 radical (unpaired) electrons. The van der Waals surface area contributed by atoms with Gasteiger partial charge in [0.25, 0.3) is 0 Å². The number of nitrogens with one attached hydrogen (secondary N) is 2. The van der Waals surface area contributed by atoms with Crippen LogP contribution in [-0.2, 0) is 4.79 Å². The Morgan fingerprint density at radius 2 is 2.05 bits per heavy atom. The van der Waals surface area contributed by atoms with Crippen LogP contribution in [0.25, 0.3) is 0 Å². The molecule has 0 aromatic carbocycles. The van der Waals surface area contributed by atoms with Gasteiger partial charge in [0.05, 0.1) is 6.54 Å². The normalized spacial score (nSPS) is 29.8. The molecule has 0 aromatic rings. The summed E-state index contributed by atoms with van der Waals surface area (Å²) >= 11 is 1.98. The van der Waals surface area contributed by atoms with E-state index in [2.05, 4.69) is 29.4 Å². The van der Waals surface area contributed by atoms with Gasteiger partial charge in [-0.05, 0) is 25.2 Å². The molecular formula is C16H29N3O2S. The summed E-state index contributed by atoms with van der Waals surface area (Å²) in [5, 5.41) is 6.06. The van der Waals surface area contributed by atoms with Crippen molar-refractivity contribution >= 4 is 23.7 Å². The Labute approximate surface area is 138 Å². The third kappa shape index (κ3) is 5.47. The Balaban J connectivity index is 1.70. The third-order valence-corrected chi connectivity index (χ3v) is 6.10. The quantitative estimate of drug-likeness (QED) is 0.831. The standard InChI is InChI=1S/C16H29N3O2S/c1-3-13-10-19(8-9-22-13)11-15(20)18-16(21)17-14-7-5-4-6-12(14)2/h12-14H,3-11H2,1-2H3,(H2,17,18,20,21). The van der Waals surface area contributed by atoms with E-state index in [-0.39, 0.29) is 18.0 Å². The van der Waals surface area contributed by atoms with Crippen LogP contribution in [0, 0.1) is 5.92 Å². The molecule has 22 heavy (non-hydrogen) atoms. The van der Waals surface area contributed by atoms with Crippen LogP contribution < -0.4 is 10.6 Å². The fraction of sp³-hybridized carbons (Fsp3) is 0.875. The van der Waals surface area contributed by atoms with Crippen LogP contribution in [0.15, 0.2) is 0 Å². The third-order valence-electron chi connectivity index (χ3n) is 4.73. The van der Waals surface area contributed by atoms with Crippen molar-refractivity contribution in [2.75, 3.05) is 25.4 Å². The van der Waals surface area contributed by atoms with E-state index >= 15 is 0 Å². The van der Waals surface area contributed by atoms with Crippen molar-refractivity contribution in [1.82, 2.24) is 15.5 Å². The van der Waals surface area contributed by atoms with Gasteiger partial charge in [-0.2, -0.15) is 11.8 Å². The average Bonchev–Trinajstić information content (AvgIpc) is 2.49. The molecule has 1 saturated carbocycles. The van der Waals surface area contributed by atoms with Crippen molar-refractivity contribution in [2.45, 2.75) is 57.2 Å². The van der Waals surface area contributed by atoms with Gasteiger partial charge in [-0.25, -0.2) is 4.79 Å². The molecule has 1 aliphatic carbocycles. The first-order valence-corrected chi connectivity index (χ1v) is 9.57. The number of rotatable bonds is 4. The molecule has 126 valence electrons. The van der Waals surface area contributed by atoms with Gasteiger partial charge in [-0.1, -0.05) is 26.7 Å². The zero-order valence-electron chi connectivity index (χ0n) is 13.8. The summed E-state index contributed by atoms with van der Waals surface area (Å²) in [6.45, 7) is 6.54. The number of amides is 3. The maximum Gasteiger partial charge on any atom is 0.321 e. The maximum absolute atomic E-state index is 12.0. The molecule has 0 spiro atoms. The zero-order valence-corrected chi connectivity index (χ0v) is 14.6. The lowest BCUT2D eigenvalue weighted by Crippen LogP contribution is -2.51. The van der Waals surface area contributed by atoms with Gasteiger partial charge in [0, 0.05) is 30.1 Å². The van der Waals surface area contributed by atoms with Crippen molar-refractivity contribution in [3.8, 4) is 0 Å². The average molecular weight is 327 g/mol. The van der Waals surface area contributed by atoms with Crippen molar-refractivity contribution in [3.05, 3.63) is 0 Å². The minimum atomic E-state index is -0.331. The van der Waals surface area contributed by atoms with Crippen molar-refractivity contribution < 1.29 is 9.59 Å². The van der Waals surface area contributed by atoms with Gasteiger partial charge >= 0.3 is 6.03 Å². The molecule has 2 aliphatic rings. The Bertz CT molecular complexity index is 392. The van der Waals surface area contributed by atoms with E-state index in [1.54, 1.807) is 0 Å². The highest BCUT2D eigenvalue weighted by Crippen LogP contribution is 2.23. The SMILES string of the molecule is CCC1CN(CC(=O)NC(=O)NC2CCCCC2C)CCS1. The number of carbonyl (C=O) groups excluding carboxylic acids is 2. The summed E-state index contributed by atoms with van der Waals surface area (Å²) in [7, 11) is 0. The van der Waals surface area contributed by atoms with Crippen molar-refractivity contribution in [3.63, 3.8) is 0 Å². The van der Waals surface area contributed by atoms with Crippen LogP contribution in [0.4, 0.5) is 4.79 Å². The molecule has 3 amide bonds. The number of imide groups is 1. The molecule has 6 heteroatoms. The lowest BCUT2D eigenvalue weighted by molar-refractivity contribution is -0.121. The van der Waals surface area contributed by atoms with Crippen LogP contribution in [0.2, 0.25) is 0 Å². The van der Waals surface area contributed by atoms with E-state index in [9.17, 15) is 9.59 Å². The number of hydrogen-bond acceptors (Lipinski definition) is 4. The topological polar surface area (TPSA) is 61.4 Å². The fourth-order valence-corrected chi connectivity index (χ4v) is 4.52. The first kappa shape index (κ1) is 17.6. The van der Waals surface area contributed by atoms with Gasteiger partial charge in [-0.15, -0.1) is 0 Å². The number of carbonyl (C=O) groups is 2. The molecule has 2 rings (SSSR count). The predicted molar refractivity (Wildman–Crippen MR) is 91.1 cm³/mol. The Morgan fingerprint density at radius 1 is 1.27 bits per heavy atom. The monoisotopic (exact) mass is 327 g/mol. The molecule has 2 N–H and O–H groups in total. The molecule has 3 atom stereocenters. The summed E-state index contributed by atoms with van der Waals surface area (Å²) < 4.78 is 0. The molecule has 0 aromatic heterocycles. The second kappa shape index (κ2) is 8.77. The zero-order chi connectivity index (χ0) is 15.9. The van der Waals surface area contributed by atoms with Crippen LogP contribution in [0.3, 0.4) is 0 Å².